The Kier molecular flexibility index (Phi) is 9.25. The molecular formula is C19H38IN5O4S. The molecule has 2 unspecified atom stereocenters. The number of nitrogens with one attached hydrogen (secondary N) is 3. The highest BCUT2D eigenvalue weighted by atomic mass is 127. The van der Waals surface area contributed by atoms with Crippen molar-refractivity contribution in [3.05, 3.63) is 0 Å². The lowest BCUT2D eigenvalue weighted by Gasteiger charge is -2.40. The molecule has 2 bridgehead atoms. The van der Waals surface area contributed by atoms with E-state index in [0.29, 0.717) is 12.5 Å². The highest BCUT2D eigenvalue weighted by Crippen LogP contribution is 2.36. The second kappa shape index (κ2) is 10.2. The molecule has 2 aliphatic heterocycles. The van der Waals surface area contributed by atoms with Crippen molar-refractivity contribution < 1.29 is 17.9 Å². The van der Waals surface area contributed by atoms with Gasteiger partial charge in [-0.05, 0) is 60.3 Å². The van der Waals surface area contributed by atoms with Crippen LogP contribution in [0.25, 0.3) is 0 Å². The Hall–Kier alpha value is -0.820. The zero-order chi connectivity index (χ0) is 22.0. The summed E-state index contributed by atoms with van der Waals surface area (Å²) in [4.78, 5) is 18.8. The average molecular weight is 560 g/mol. The molecule has 9 nitrogen and oxygen atoms in total. The Morgan fingerprint density at radius 1 is 1.13 bits per heavy atom. The summed E-state index contributed by atoms with van der Waals surface area (Å²) in [5.41, 5.74) is -1.14. The Balaban J connectivity index is 0.00000450. The van der Waals surface area contributed by atoms with Crippen LogP contribution in [0.5, 0.6) is 0 Å². The van der Waals surface area contributed by atoms with Crippen molar-refractivity contribution >= 4 is 46.1 Å². The number of halogens is 1. The molecule has 2 aliphatic rings. The summed E-state index contributed by atoms with van der Waals surface area (Å²) >= 11 is 0. The Morgan fingerprint density at radius 2 is 1.67 bits per heavy atom. The van der Waals surface area contributed by atoms with Gasteiger partial charge in [0, 0.05) is 37.3 Å². The van der Waals surface area contributed by atoms with E-state index in [9.17, 15) is 13.2 Å². The number of carbonyl (C=O) groups is 1. The van der Waals surface area contributed by atoms with Crippen molar-refractivity contribution in [1.82, 2.24) is 20.3 Å². The van der Waals surface area contributed by atoms with Gasteiger partial charge in [-0.1, -0.05) is 0 Å². The van der Waals surface area contributed by atoms with Crippen LogP contribution in [0.2, 0.25) is 0 Å². The quantitative estimate of drug-likeness (QED) is 0.270. The van der Waals surface area contributed by atoms with Crippen LogP contribution >= 0.6 is 24.0 Å². The van der Waals surface area contributed by atoms with Crippen LogP contribution in [0.1, 0.15) is 60.3 Å². The number of sulfonamides is 1. The van der Waals surface area contributed by atoms with E-state index in [1.165, 1.54) is 0 Å². The number of carbonyl (C=O) groups excluding carboxylic acids is 1. The molecule has 1 amide bonds. The maximum absolute atomic E-state index is 12.6. The molecule has 2 rings (SSSR count). The summed E-state index contributed by atoms with van der Waals surface area (Å²) in [6, 6.07) is 0.536. The predicted molar refractivity (Wildman–Crippen MR) is 130 cm³/mol. The summed E-state index contributed by atoms with van der Waals surface area (Å²) in [7, 11) is -1.61. The van der Waals surface area contributed by atoms with Gasteiger partial charge in [0.1, 0.15) is 5.60 Å². The predicted octanol–water partition coefficient (Wildman–Crippen LogP) is 2.03. The second-order valence-corrected chi connectivity index (χ2v) is 11.5. The zero-order valence-electron chi connectivity index (χ0n) is 19.1. The van der Waals surface area contributed by atoms with Crippen LogP contribution in [0.15, 0.2) is 4.99 Å². The molecule has 0 spiro atoms. The van der Waals surface area contributed by atoms with Crippen molar-refractivity contribution in [3.63, 3.8) is 0 Å². The summed E-state index contributed by atoms with van der Waals surface area (Å²) < 4.78 is 31.2. The Morgan fingerprint density at radius 3 is 2.10 bits per heavy atom. The van der Waals surface area contributed by atoms with Crippen molar-refractivity contribution in [2.75, 3.05) is 19.8 Å². The molecule has 2 saturated heterocycles. The lowest BCUT2D eigenvalue weighted by atomic mass is 9.98. The van der Waals surface area contributed by atoms with E-state index in [2.05, 4.69) is 20.3 Å². The molecule has 0 aliphatic carbocycles. The van der Waals surface area contributed by atoms with Crippen molar-refractivity contribution in [1.29, 1.82) is 0 Å². The topological polar surface area (TPSA) is 112 Å². The van der Waals surface area contributed by atoms with E-state index in [1.54, 1.807) is 7.05 Å². The highest BCUT2D eigenvalue weighted by molar-refractivity contribution is 14.0. The van der Waals surface area contributed by atoms with Gasteiger partial charge in [-0.3, -0.25) is 4.99 Å². The van der Waals surface area contributed by atoms with Gasteiger partial charge < -0.3 is 20.3 Å². The number of aliphatic imine (C=N–C) groups is 1. The zero-order valence-corrected chi connectivity index (χ0v) is 22.3. The van der Waals surface area contributed by atoms with Gasteiger partial charge in [-0.15, -0.1) is 24.0 Å². The van der Waals surface area contributed by atoms with Gasteiger partial charge in [-0.2, -0.15) is 0 Å². The molecule has 0 saturated carbocycles. The third-order valence-electron chi connectivity index (χ3n) is 5.06. The maximum atomic E-state index is 12.6. The number of piperidine rings is 1. The normalized spacial score (nSPS) is 24.8. The van der Waals surface area contributed by atoms with Gasteiger partial charge in [0.25, 0.3) is 0 Å². The van der Waals surface area contributed by atoms with E-state index >= 15 is 0 Å². The van der Waals surface area contributed by atoms with Crippen LogP contribution < -0.4 is 15.4 Å². The van der Waals surface area contributed by atoms with Gasteiger partial charge in [0.05, 0.1) is 6.26 Å². The van der Waals surface area contributed by atoms with Crippen molar-refractivity contribution in [2.45, 2.75) is 89.6 Å². The van der Waals surface area contributed by atoms with E-state index in [0.717, 1.165) is 31.9 Å². The number of ether oxygens (including phenoxy) is 1. The van der Waals surface area contributed by atoms with Crippen molar-refractivity contribution in [2.24, 2.45) is 4.99 Å². The number of hydrogen-bond acceptors (Lipinski definition) is 5. The lowest BCUT2D eigenvalue weighted by Crippen LogP contribution is -2.57. The van der Waals surface area contributed by atoms with E-state index in [-0.39, 0.29) is 48.2 Å². The average Bonchev–Trinajstić information content (AvgIpc) is 2.79. The molecule has 176 valence electrons. The van der Waals surface area contributed by atoms with Crippen molar-refractivity contribution in [3.8, 4) is 0 Å². The van der Waals surface area contributed by atoms with E-state index in [4.69, 9.17) is 4.74 Å². The van der Waals surface area contributed by atoms with E-state index < -0.39 is 21.2 Å². The van der Waals surface area contributed by atoms with Crippen LogP contribution in [-0.4, -0.2) is 74.5 Å². The third-order valence-corrected chi connectivity index (χ3v) is 5.98. The first-order valence-corrected chi connectivity index (χ1v) is 12.1. The van der Waals surface area contributed by atoms with Gasteiger partial charge in [0.15, 0.2) is 5.96 Å². The minimum Gasteiger partial charge on any atom is -0.444 e. The van der Waals surface area contributed by atoms with E-state index in [1.807, 2.05) is 39.5 Å². The molecule has 0 aromatic rings. The maximum Gasteiger partial charge on any atom is 0.410 e. The molecular weight excluding hydrogens is 521 g/mol. The Bertz CT molecular complexity index is 722. The molecule has 11 heteroatoms. The summed E-state index contributed by atoms with van der Waals surface area (Å²) in [6.45, 7) is 9.68. The second-order valence-electron chi connectivity index (χ2n) is 9.77. The SMILES string of the molecule is CN=C(NCC(C)(C)NS(C)(=O)=O)NC1CC2CCC(C1)N2C(=O)OC(C)(C)C.I. The summed E-state index contributed by atoms with van der Waals surface area (Å²) in [5, 5.41) is 6.63. The molecule has 0 radical (unpaired) electrons. The van der Waals surface area contributed by atoms with Crippen LogP contribution in [0, 0.1) is 0 Å². The molecule has 2 fully saturated rings. The van der Waals surface area contributed by atoms with Crippen LogP contribution in [0.3, 0.4) is 0 Å². The number of amides is 1. The summed E-state index contributed by atoms with van der Waals surface area (Å²) in [5.74, 6) is 0.628. The number of hydrogen-bond donors (Lipinski definition) is 3. The summed E-state index contributed by atoms with van der Waals surface area (Å²) in [6.07, 6.45) is 4.57. The minimum absolute atomic E-state index is 0. The fraction of sp³-hybridized carbons (Fsp3) is 0.895. The number of guanidine groups is 1. The first kappa shape index (κ1) is 27.2. The van der Waals surface area contributed by atoms with Crippen LogP contribution in [-0.2, 0) is 14.8 Å². The minimum atomic E-state index is -3.30. The highest BCUT2D eigenvalue weighted by Gasteiger charge is 2.45. The standard InChI is InChI=1S/C19H37N5O4S.HI/c1-18(2,3)28-17(25)24-14-8-9-15(24)11-13(10-14)22-16(20-6)21-12-19(4,5)23-29(7,26)27;/h13-15,23H,8-12H2,1-7H3,(H2,20,21,22);1H. The molecule has 0 aromatic carbocycles. The number of rotatable bonds is 5. The molecule has 3 N–H and O–H groups in total. The largest absolute Gasteiger partial charge is 0.444 e. The molecule has 2 atom stereocenters. The van der Waals surface area contributed by atoms with Crippen LogP contribution in [0.4, 0.5) is 4.79 Å². The number of nitrogens with zero attached hydrogens (tertiary/aromatic N) is 2. The third kappa shape index (κ3) is 8.37. The van der Waals surface area contributed by atoms with Gasteiger partial charge >= 0.3 is 6.09 Å². The Labute approximate surface area is 198 Å². The smallest absolute Gasteiger partial charge is 0.410 e. The number of fused-ring (bicyclic) bond motifs is 2. The first-order valence-electron chi connectivity index (χ1n) is 10.2. The fourth-order valence-electron chi connectivity index (χ4n) is 4.14. The monoisotopic (exact) mass is 559 g/mol. The fourth-order valence-corrected chi connectivity index (χ4v) is 5.21. The molecule has 2 heterocycles. The van der Waals surface area contributed by atoms with Gasteiger partial charge in [-0.25, -0.2) is 17.9 Å². The first-order chi connectivity index (χ1) is 13.2. The molecule has 30 heavy (non-hydrogen) atoms. The van der Waals surface area contributed by atoms with Gasteiger partial charge in [0.2, 0.25) is 10.0 Å². The molecule has 0 aromatic heterocycles. The lowest BCUT2D eigenvalue weighted by molar-refractivity contribution is 0.00544.